The number of fused-ring (bicyclic) bond motifs is 1. The van der Waals surface area contributed by atoms with Crippen molar-refractivity contribution < 1.29 is 27.8 Å². The third-order valence-corrected chi connectivity index (χ3v) is 8.25. The number of hydrogen-bond acceptors (Lipinski definition) is 8. The van der Waals surface area contributed by atoms with Crippen molar-refractivity contribution in [2.75, 3.05) is 38.6 Å². The Bertz CT molecular complexity index is 1430. The number of anilines is 1. The average Bonchev–Trinajstić information content (AvgIpc) is 3.38. The highest BCUT2D eigenvalue weighted by molar-refractivity contribution is 7.92. The zero-order valence-corrected chi connectivity index (χ0v) is 24.3. The number of benzene rings is 2. The van der Waals surface area contributed by atoms with E-state index in [1.54, 1.807) is 44.2 Å². The Morgan fingerprint density at radius 3 is 2.60 bits per heavy atom. The molecule has 4 rings (SSSR count). The highest BCUT2D eigenvalue weighted by Crippen LogP contribution is 2.36. The first-order chi connectivity index (χ1) is 19.0. The van der Waals surface area contributed by atoms with Gasteiger partial charge in [-0.3, -0.25) is 14.4 Å². The summed E-state index contributed by atoms with van der Waals surface area (Å²) in [5.41, 5.74) is 1.46. The van der Waals surface area contributed by atoms with Gasteiger partial charge in [-0.15, -0.1) is 0 Å². The number of carbonyl (C=O) groups excluding carboxylic acids is 1. The molecule has 3 aromatic rings. The lowest BCUT2D eigenvalue weighted by Gasteiger charge is -2.38. The molecule has 3 atom stereocenters. The summed E-state index contributed by atoms with van der Waals surface area (Å²) in [5, 5.41) is 9.76. The number of aryl methyl sites for hydroxylation is 1. The zero-order valence-electron chi connectivity index (χ0n) is 23.4. The lowest BCUT2D eigenvalue weighted by atomic mass is 9.99. The summed E-state index contributed by atoms with van der Waals surface area (Å²) in [6.07, 6.45) is 2.39. The SMILES string of the molecule is COc1ccc(CN(C)C[C@@H]2Oc3c(NS(=O)(=O)c4cn(C)cn4)cccc3C(=O)N([C@H](C)CO)C[C@@H]2C)cc1. The molecule has 0 aliphatic carbocycles. The molecule has 40 heavy (non-hydrogen) atoms. The number of aromatic nitrogens is 2. The van der Waals surface area contributed by atoms with E-state index in [0.29, 0.717) is 19.6 Å². The van der Waals surface area contributed by atoms with E-state index >= 15 is 0 Å². The topological polar surface area (TPSA) is 126 Å². The van der Waals surface area contributed by atoms with Crippen LogP contribution in [0.2, 0.25) is 0 Å². The standard InChI is InChI=1S/C28H37N5O6S/c1-19-13-33(20(2)17-34)28(35)23-7-6-8-24(30-40(36,37)26-16-32(4)18-29-26)27(23)39-25(19)15-31(3)14-21-9-11-22(38-5)12-10-21/h6-12,16,18-20,25,30,34H,13-15,17H2,1-5H3/t19-,20+,25-/m0/s1. The molecule has 0 bridgehead atoms. The molecule has 216 valence electrons. The van der Waals surface area contributed by atoms with Crippen LogP contribution in [0.4, 0.5) is 5.69 Å². The maximum atomic E-state index is 13.7. The predicted molar refractivity (Wildman–Crippen MR) is 151 cm³/mol. The van der Waals surface area contributed by atoms with Crippen LogP contribution in [0.15, 0.2) is 60.0 Å². The van der Waals surface area contributed by atoms with Gasteiger partial charge in [-0.05, 0) is 43.8 Å². The van der Waals surface area contributed by atoms with Crippen molar-refractivity contribution in [3.63, 3.8) is 0 Å². The van der Waals surface area contributed by atoms with Crippen LogP contribution in [0.3, 0.4) is 0 Å². The van der Waals surface area contributed by atoms with Gasteiger partial charge in [0.1, 0.15) is 11.9 Å². The Morgan fingerprint density at radius 1 is 1.25 bits per heavy atom. The maximum Gasteiger partial charge on any atom is 0.281 e. The van der Waals surface area contributed by atoms with Crippen molar-refractivity contribution in [2.24, 2.45) is 13.0 Å². The molecular formula is C28H37N5O6S. The number of ether oxygens (including phenoxy) is 2. The number of carbonyl (C=O) groups is 1. The Morgan fingerprint density at radius 2 is 1.98 bits per heavy atom. The number of nitrogens with zero attached hydrogens (tertiary/aromatic N) is 4. The van der Waals surface area contributed by atoms with E-state index in [-0.39, 0.29) is 40.5 Å². The van der Waals surface area contributed by atoms with Gasteiger partial charge in [0.25, 0.3) is 15.9 Å². The van der Waals surface area contributed by atoms with Gasteiger partial charge in [0.15, 0.2) is 10.8 Å². The molecule has 0 radical (unpaired) electrons. The molecule has 0 unspecified atom stereocenters. The first-order valence-corrected chi connectivity index (χ1v) is 14.5. The van der Waals surface area contributed by atoms with Gasteiger partial charge < -0.3 is 24.0 Å². The van der Waals surface area contributed by atoms with Crippen molar-refractivity contribution in [1.29, 1.82) is 0 Å². The van der Waals surface area contributed by atoms with Crippen molar-refractivity contribution in [3.05, 3.63) is 66.1 Å². The molecule has 1 aliphatic heterocycles. The molecule has 2 aromatic carbocycles. The third-order valence-electron chi connectivity index (χ3n) is 7.00. The minimum Gasteiger partial charge on any atom is -0.497 e. The molecule has 0 fully saturated rings. The van der Waals surface area contributed by atoms with E-state index in [1.807, 2.05) is 38.2 Å². The molecule has 11 nitrogen and oxygen atoms in total. The first-order valence-electron chi connectivity index (χ1n) is 13.1. The van der Waals surface area contributed by atoms with Crippen LogP contribution in [0.5, 0.6) is 11.5 Å². The second-order valence-corrected chi connectivity index (χ2v) is 12.0. The average molecular weight is 572 g/mol. The molecule has 2 heterocycles. The number of aliphatic hydroxyl groups excluding tert-OH is 1. The fourth-order valence-electron chi connectivity index (χ4n) is 4.68. The first kappa shape index (κ1) is 29.4. The number of aliphatic hydroxyl groups is 1. The lowest BCUT2D eigenvalue weighted by molar-refractivity contribution is 0.0344. The van der Waals surface area contributed by atoms with E-state index in [9.17, 15) is 18.3 Å². The van der Waals surface area contributed by atoms with E-state index < -0.39 is 22.2 Å². The van der Waals surface area contributed by atoms with Crippen LogP contribution in [0.25, 0.3) is 0 Å². The smallest absolute Gasteiger partial charge is 0.281 e. The molecule has 0 saturated heterocycles. The van der Waals surface area contributed by atoms with Crippen LogP contribution >= 0.6 is 0 Å². The molecule has 0 spiro atoms. The summed E-state index contributed by atoms with van der Waals surface area (Å²) in [4.78, 5) is 21.4. The summed E-state index contributed by atoms with van der Waals surface area (Å²) >= 11 is 0. The summed E-state index contributed by atoms with van der Waals surface area (Å²) in [6, 6.07) is 12.2. The van der Waals surface area contributed by atoms with E-state index in [4.69, 9.17) is 9.47 Å². The third kappa shape index (κ3) is 6.57. The van der Waals surface area contributed by atoms with Crippen LogP contribution in [0.1, 0.15) is 29.8 Å². The van der Waals surface area contributed by atoms with Crippen LogP contribution < -0.4 is 14.2 Å². The Labute approximate surface area is 235 Å². The van der Waals surface area contributed by atoms with Crippen LogP contribution in [-0.4, -0.2) is 84.8 Å². The molecule has 0 saturated carbocycles. The monoisotopic (exact) mass is 571 g/mol. The fraction of sp³-hybridized carbons (Fsp3) is 0.429. The van der Waals surface area contributed by atoms with E-state index in [2.05, 4.69) is 14.6 Å². The Kier molecular flexibility index (Phi) is 9.02. The number of imidazole rings is 1. The van der Waals surface area contributed by atoms with E-state index in [0.717, 1.165) is 11.3 Å². The number of sulfonamides is 1. The maximum absolute atomic E-state index is 13.7. The summed E-state index contributed by atoms with van der Waals surface area (Å²) < 4.78 is 42.2. The minimum atomic E-state index is -4.05. The normalized spacial score (nSPS) is 18.5. The van der Waals surface area contributed by atoms with Gasteiger partial charge in [-0.2, -0.15) is 8.42 Å². The van der Waals surface area contributed by atoms with E-state index in [1.165, 1.54) is 17.1 Å². The molecule has 12 heteroatoms. The number of nitrogens with one attached hydrogen (secondary N) is 1. The lowest BCUT2D eigenvalue weighted by Crippen LogP contribution is -2.49. The van der Waals surface area contributed by atoms with Gasteiger partial charge in [-0.1, -0.05) is 25.1 Å². The van der Waals surface area contributed by atoms with Crippen molar-refractivity contribution in [2.45, 2.75) is 37.6 Å². The highest BCUT2D eigenvalue weighted by Gasteiger charge is 2.35. The zero-order chi connectivity index (χ0) is 29.0. The predicted octanol–water partition coefficient (Wildman–Crippen LogP) is 2.58. The Hall–Kier alpha value is -3.61. The fourth-order valence-corrected chi connectivity index (χ4v) is 5.73. The second-order valence-electron chi connectivity index (χ2n) is 10.3. The number of amides is 1. The Balaban J connectivity index is 1.68. The van der Waals surface area contributed by atoms with Gasteiger partial charge in [-0.25, -0.2) is 4.98 Å². The molecular weight excluding hydrogens is 534 g/mol. The number of hydrogen-bond donors (Lipinski definition) is 2. The molecule has 1 amide bonds. The quantitative estimate of drug-likeness (QED) is 0.380. The van der Waals surface area contributed by atoms with Crippen molar-refractivity contribution >= 4 is 21.6 Å². The molecule has 1 aliphatic rings. The summed E-state index contributed by atoms with van der Waals surface area (Å²) in [6.45, 7) is 5.08. The summed E-state index contributed by atoms with van der Waals surface area (Å²) in [5.74, 6) is 0.456. The van der Waals surface area contributed by atoms with Crippen molar-refractivity contribution in [1.82, 2.24) is 19.4 Å². The minimum absolute atomic E-state index is 0.134. The molecule has 2 N–H and O–H groups in total. The van der Waals surface area contributed by atoms with Crippen LogP contribution in [0, 0.1) is 5.92 Å². The molecule has 1 aromatic heterocycles. The second kappa shape index (κ2) is 12.3. The van der Waals surface area contributed by atoms with Gasteiger partial charge >= 0.3 is 0 Å². The highest BCUT2D eigenvalue weighted by atomic mass is 32.2. The number of methoxy groups -OCH3 is 1. The summed E-state index contributed by atoms with van der Waals surface area (Å²) in [7, 11) is 1.24. The number of rotatable bonds is 10. The van der Waals surface area contributed by atoms with Gasteiger partial charge in [0.2, 0.25) is 0 Å². The largest absolute Gasteiger partial charge is 0.497 e. The van der Waals surface area contributed by atoms with Crippen LogP contribution in [-0.2, 0) is 23.6 Å². The number of likely N-dealkylation sites (N-methyl/N-ethyl adjacent to an activating group) is 1. The van der Waals surface area contributed by atoms with Gasteiger partial charge in [0.05, 0.1) is 37.3 Å². The van der Waals surface area contributed by atoms with Crippen molar-refractivity contribution in [3.8, 4) is 11.5 Å². The van der Waals surface area contributed by atoms with Gasteiger partial charge in [0, 0.05) is 38.8 Å². The number of para-hydroxylation sites is 1.